The van der Waals surface area contributed by atoms with Crippen LogP contribution in [0.25, 0.3) is 11.1 Å². The number of nitrogens with one attached hydrogen (secondary N) is 1. The van der Waals surface area contributed by atoms with Gasteiger partial charge in [0.1, 0.15) is 12.1 Å². The van der Waals surface area contributed by atoms with Crippen molar-refractivity contribution in [2.75, 3.05) is 6.61 Å². The van der Waals surface area contributed by atoms with Crippen molar-refractivity contribution < 1.29 is 29.3 Å². The van der Waals surface area contributed by atoms with Gasteiger partial charge in [0.2, 0.25) is 0 Å². The number of hydrogen-bond donors (Lipinski definition) is 3. The fourth-order valence-corrected chi connectivity index (χ4v) is 5.57. The molecule has 0 aromatic heterocycles. The lowest BCUT2D eigenvalue weighted by atomic mass is 9.90. The fourth-order valence-electron chi connectivity index (χ4n) is 5.57. The van der Waals surface area contributed by atoms with Crippen molar-refractivity contribution in [1.29, 1.82) is 0 Å². The van der Waals surface area contributed by atoms with Crippen LogP contribution in [0.2, 0.25) is 0 Å². The molecule has 2 fully saturated rings. The summed E-state index contributed by atoms with van der Waals surface area (Å²) in [5.74, 6) is -3.85. The van der Waals surface area contributed by atoms with E-state index in [1.807, 2.05) is 48.5 Å². The van der Waals surface area contributed by atoms with E-state index in [4.69, 9.17) is 4.74 Å². The van der Waals surface area contributed by atoms with Gasteiger partial charge >= 0.3 is 18.0 Å². The van der Waals surface area contributed by atoms with Gasteiger partial charge in [-0.05, 0) is 41.0 Å². The molecule has 0 heterocycles. The van der Waals surface area contributed by atoms with Gasteiger partial charge in [0.15, 0.2) is 0 Å². The normalized spacial score (nSPS) is 28.2. The van der Waals surface area contributed by atoms with Gasteiger partial charge in [-0.3, -0.25) is 4.79 Å². The number of amides is 1. The van der Waals surface area contributed by atoms with Gasteiger partial charge in [0.25, 0.3) is 0 Å². The molecule has 30 heavy (non-hydrogen) atoms. The number of rotatable bonds is 5. The van der Waals surface area contributed by atoms with E-state index in [2.05, 4.69) is 5.32 Å². The summed E-state index contributed by atoms with van der Waals surface area (Å²) in [5.41, 5.74) is 2.76. The molecular weight excluding hydrogens is 386 g/mol. The summed E-state index contributed by atoms with van der Waals surface area (Å²) in [5, 5.41) is 21.6. The second kappa shape index (κ2) is 6.58. The lowest BCUT2D eigenvalue weighted by Crippen LogP contribution is -2.56. The van der Waals surface area contributed by atoms with Gasteiger partial charge in [-0.15, -0.1) is 0 Å². The summed E-state index contributed by atoms with van der Waals surface area (Å²) in [6, 6.07) is 15.9. The van der Waals surface area contributed by atoms with Crippen LogP contribution < -0.4 is 5.32 Å². The molecular formula is C23H21NO6. The second-order valence-electron chi connectivity index (χ2n) is 8.32. The minimum atomic E-state index is -1.57. The first-order valence-corrected chi connectivity index (χ1v) is 10.0. The Morgan fingerprint density at radius 2 is 1.60 bits per heavy atom. The van der Waals surface area contributed by atoms with Crippen molar-refractivity contribution in [3.05, 3.63) is 59.7 Å². The molecule has 154 valence electrons. The van der Waals surface area contributed by atoms with Gasteiger partial charge in [-0.2, -0.15) is 0 Å². The molecule has 4 atom stereocenters. The molecule has 0 saturated heterocycles. The number of carboxylic acids is 2. The molecule has 0 bridgehead atoms. The SMILES string of the molecule is O=C(NC1(C(=O)O)CCC2C(C(=O)O)C21)OCC1c2ccccc2-c2ccccc21. The van der Waals surface area contributed by atoms with Gasteiger partial charge in [-0.1, -0.05) is 48.5 Å². The van der Waals surface area contributed by atoms with Gasteiger partial charge in [0, 0.05) is 11.8 Å². The predicted octanol–water partition coefficient (Wildman–Crippen LogP) is 3.09. The number of aliphatic carboxylic acids is 2. The van der Waals surface area contributed by atoms with E-state index in [1.165, 1.54) is 0 Å². The Kier molecular flexibility index (Phi) is 4.10. The number of carboxylic acid groups (broad SMARTS) is 2. The maximum absolute atomic E-state index is 12.6. The number of carbonyl (C=O) groups is 3. The van der Waals surface area contributed by atoms with Crippen LogP contribution in [-0.2, 0) is 14.3 Å². The number of fused-ring (bicyclic) bond motifs is 4. The number of alkyl carbamates (subject to hydrolysis) is 1. The molecule has 4 unspecified atom stereocenters. The van der Waals surface area contributed by atoms with Crippen LogP contribution in [-0.4, -0.2) is 40.4 Å². The standard InChI is InChI=1S/C23H21NO6/c25-20(26)18-16-9-10-23(19(16)18,21(27)28)24-22(29)30-11-17-14-7-3-1-5-12(14)13-6-2-4-8-15(13)17/h1-8,16-19H,9-11H2,(H,24,29)(H,25,26)(H,27,28). The van der Waals surface area contributed by atoms with Crippen LogP contribution in [0.5, 0.6) is 0 Å². The van der Waals surface area contributed by atoms with Crippen LogP contribution in [0.4, 0.5) is 4.79 Å². The Bertz CT molecular complexity index is 1020. The molecule has 2 aromatic carbocycles. The zero-order chi connectivity index (χ0) is 21.0. The summed E-state index contributed by atoms with van der Waals surface area (Å²) in [6.45, 7) is 0.0754. The molecule has 5 rings (SSSR count). The first-order valence-electron chi connectivity index (χ1n) is 10.0. The van der Waals surface area contributed by atoms with E-state index >= 15 is 0 Å². The van der Waals surface area contributed by atoms with E-state index in [0.717, 1.165) is 22.3 Å². The summed E-state index contributed by atoms with van der Waals surface area (Å²) in [7, 11) is 0. The van der Waals surface area contributed by atoms with E-state index in [0.29, 0.717) is 6.42 Å². The molecule has 2 saturated carbocycles. The minimum absolute atomic E-state index is 0.0754. The van der Waals surface area contributed by atoms with E-state index < -0.39 is 35.4 Å². The smallest absolute Gasteiger partial charge is 0.408 e. The molecule has 0 radical (unpaired) electrons. The summed E-state index contributed by atoms with van der Waals surface area (Å²) >= 11 is 0. The fraction of sp³-hybridized carbons (Fsp3) is 0.348. The summed E-state index contributed by atoms with van der Waals surface area (Å²) in [6.07, 6.45) is -0.139. The number of hydrogen-bond acceptors (Lipinski definition) is 4. The third-order valence-corrected chi connectivity index (χ3v) is 6.95. The van der Waals surface area contributed by atoms with Crippen molar-refractivity contribution in [1.82, 2.24) is 5.32 Å². The van der Waals surface area contributed by atoms with Crippen LogP contribution in [0.3, 0.4) is 0 Å². The Hall–Kier alpha value is -3.35. The number of ether oxygens (including phenoxy) is 1. The van der Waals surface area contributed by atoms with Crippen molar-refractivity contribution in [2.45, 2.75) is 24.3 Å². The number of benzene rings is 2. The van der Waals surface area contributed by atoms with E-state index in [9.17, 15) is 24.6 Å². The van der Waals surface area contributed by atoms with Gasteiger partial charge in [-0.25, -0.2) is 9.59 Å². The molecule has 3 N–H and O–H groups in total. The van der Waals surface area contributed by atoms with Crippen LogP contribution in [0.15, 0.2) is 48.5 Å². The van der Waals surface area contributed by atoms with Crippen LogP contribution in [0, 0.1) is 17.8 Å². The van der Waals surface area contributed by atoms with Crippen LogP contribution in [0.1, 0.15) is 29.9 Å². The highest BCUT2D eigenvalue weighted by molar-refractivity contribution is 5.89. The molecule has 7 nitrogen and oxygen atoms in total. The molecule has 0 spiro atoms. The maximum Gasteiger partial charge on any atom is 0.408 e. The highest BCUT2D eigenvalue weighted by Crippen LogP contribution is 2.62. The molecule has 7 heteroatoms. The van der Waals surface area contributed by atoms with Crippen molar-refractivity contribution in [3.8, 4) is 11.1 Å². The third kappa shape index (κ3) is 2.61. The monoisotopic (exact) mass is 407 g/mol. The third-order valence-electron chi connectivity index (χ3n) is 6.95. The zero-order valence-corrected chi connectivity index (χ0v) is 16.1. The summed E-state index contributed by atoms with van der Waals surface area (Å²) in [4.78, 5) is 35.9. The van der Waals surface area contributed by atoms with Gasteiger partial charge in [0.05, 0.1) is 5.92 Å². The highest BCUT2D eigenvalue weighted by atomic mass is 16.5. The minimum Gasteiger partial charge on any atom is -0.481 e. The van der Waals surface area contributed by atoms with Crippen molar-refractivity contribution >= 4 is 18.0 Å². The molecule has 3 aliphatic rings. The van der Waals surface area contributed by atoms with Crippen molar-refractivity contribution in [2.24, 2.45) is 17.8 Å². The Labute approximate surface area is 172 Å². The lowest BCUT2D eigenvalue weighted by Gasteiger charge is -2.28. The topological polar surface area (TPSA) is 113 Å². The van der Waals surface area contributed by atoms with E-state index in [-0.39, 0.29) is 24.9 Å². The lowest BCUT2D eigenvalue weighted by molar-refractivity contribution is -0.146. The predicted molar refractivity (Wildman–Crippen MR) is 106 cm³/mol. The first kappa shape index (κ1) is 18.7. The molecule has 1 amide bonds. The zero-order valence-electron chi connectivity index (χ0n) is 16.1. The van der Waals surface area contributed by atoms with E-state index in [1.54, 1.807) is 0 Å². The Morgan fingerprint density at radius 1 is 1.00 bits per heavy atom. The maximum atomic E-state index is 12.6. The van der Waals surface area contributed by atoms with Crippen LogP contribution >= 0.6 is 0 Å². The molecule has 0 aliphatic heterocycles. The summed E-state index contributed by atoms with van der Waals surface area (Å²) < 4.78 is 5.48. The average Bonchev–Trinajstić information content (AvgIpc) is 3.24. The Morgan fingerprint density at radius 3 is 2.13 bits per heavy atom. The Balaban J connectivity index is 1.32. The first-order chi connectivity index (χ1) is 14.4. The molecule has 2 aromatic rings. The largest absolute Gasteiger partial charge is 0.481 e. The average molecular weight is 407 g/mol. The quantitative estimate of drug-likeness (QED) is 0.702. The van der Waals surface area contributed by atoms with Crippen molar-refractivity contribution in [3.63, 3.8) is 0 Å². The van der Waals surface area contributed by atoms with Gasteiger partial charge < -0.3 is 20.3 Å². The second-order valence-corrected chi connectivity index (χ2v) is 8.32. The molecule has 3 aliphatic carbocycles. The number of carbonyl (C=O) groups excluding carboxylic acids is 1. The highest BCUT2D eigenvalue weighted by Gasteiger charge is 2.72.